The van der Waals surface area contributed by atoms with Crippen LogP contribution in [-0.4, -0.2) is 18.5 Å². The van der Waals surface area contributed by atoms with Crippen molar-refractivity contribution in [2.45, 2.75) is 20.5 Å². The number of ether oxygens (including phenoxy) is 3. The molecule has 3 aromatic carbocycles. The number of carbonyl (C=O) groups excluding carboxylic acids is 1. The molecule has 0 N–H and O–H groups in total. The van der Waals surface area contributed by atoms with Gasteiger partial charge in [0.15, 0.2) is 17.2 Å². The van der Waals surface area contributed by atoms with Gasteiger partial charge in [-0.15, -0.1) is 0 Å². The normalized spacial score (nSPS) is 14.3. The maximum atomic E-state index is 12.3. The van der Waals surface area contributed by atoms with E-state index in [0.717, 1.165) is 11.1 Å². The Labute approximate surface area is 191 Å². The predicted octanol–water partition coefficient (Wildman–Crippen LogP) is 5.97. The molecule has 1 aliphatic heterocycles. The van der Waals surface area contributed by atoms with Crippen LogP contribution in [-0.2, 0) is 16.1 Å². The molecule has 3 aromatic rings. The number of aryl methyl sites for hydroxylation is 1. The van der Waals surface area contributed by atoms with E-state index in [0.29, 0.717) is 35.3 Å². The summed E-state index contributed by atoms with van der Waals surface area (Å²) in [5.41, 5.74) is 3.77. The van der Waals surface area contributed by atoms with Crippen molar-refractivity contribution < 1.29 is 19.0 Å². The fourth-order valence-corrected chi connectivity index (χ4v) is 3.38. The molecule has 0 aromatic heterocycles. The Kier molecular flexibility index (Phi) is 6.57. The average Bonchev–Trinajstić information content (AvgIpc) is 3.15. The van der Waals surface area contributed by atoms with Crippen LogP contribution in [0.2, 0.25) is 5.02 Å². The summed E-state index contributed by atoms with van der Waals surface area (Å²) >= 11 is 6.19. The summed E-state index contributed by atoms with van der Waals surface area (Å²) < 4.78 is 17.0. The average molecular weight is 448 g/mol. The summed E-state index contributed by atoms with van der Waals surface area (Å²) in [6, 6.07) is 20.7. The minimum absolute atomic E-state index is 0.190. The highest BCUT2D eigenvalue weighted by Crippen LogP contribution is 2.31. The molecule has 0 fully saturated rings. The van der Waals surface area contributed by atoms with Crippen molar-refractivity contribution in [2.75, 3.05) is 6.61 Å². The molecule has 0 atom stereocenters. The summed E-state index contributed by atoms with van der Waals surface area (Å²) in [5, 5.41) is 0.467. The Hall–Kier alpha value is -3.57. The summed E-state index contributed by atoms with van der Waals surface area (Å²) in [5.74, 6) is 0.881. The Morgan fingerprint density at radius 2 is 1.78 bits per heavy atom. The molecule has 162 valence electrons. The lowest BCUT2D eigenvalue weighted by Crippen LogP contribution is -2.05. The van der Waals surface area contributed by atoms with Gasteiger partial charge in [-0.05, 0) is 55.3 Å². The van der Waals surface area contributed by atoms with Crippen molar-refractivity contribution in [1.82, 2.24) is 0 Å². The summed E-state index contributed by atoms with van der Waals surface area (Å²) in [6.07, 6.45) is 1.65. The van der Waals surface area contributed by atoms with E-state index in [9.17, 15) is 4.79 Å². The van der Waals surface area contributed by atoms with Gasteiger partial charge in [-0.1, -0.05) is 59.6 Å². The number of aliphatic imine (C=N–C) groups is 1. The molecular weight excluding hydrogens is 426 g/mol. The second-order valence-corrected chi connectivity index (χ2v) is 7.64. The molecule has 4 rings (SSSR count). The van der Waals surface area contributed by atoms with Gasteiger partial charge in [0.05, 0.1) is 17.2 Å². The lowest BCUT2D eigenvalue weighted by molar-refractivity contribution is -0.129. The first-order chi connectivity index (χ1) is 15.5. The highest BCUT2D eigenvalue weighted by atomic mass is 35.5. The first-order valence-corrected chi connectivity index (χ1v) is 10.6. The smallest absolute Gasteiger partial charge is 0.363 e. The maximum absolute atomic E-state index is 12.3. The Morgan fingerprint density at radius 3 is 2.53 bits per heavy atom. The van der Waals surface area contributed by atoms with Crippen LogP contribution < -0.4 is 9.47 Å². The van der Waals surface area contributed by atoms with Gasteiger partial charge in [0.1, 0.15) is 6.61 Å². The van der Waals surface area contributed by atoms with Crippen molar-refractivity contribution in [3.05, 3.63) is 99.7 Å². The molecule has 1 aliphatic rings. The highest BCUT2D eigenvalue weighted by molar-refractivity contribution is 6.34. The molecule has 32 heavy (non-hydrogen) atoms. The van der Waals surface area contributed by atoms with Gasteiger partial charge in [0.25, 0.3) is 0 Å². The van der Waals surface area contributed by atoms with E-state index in [4.69, 9.17) is 25.8 Å². The zero-order valence-corrected chi connectivity index (χ0v) is 18.6. The van der Waals surface area contributed by atoms with Gasteiger partial charge in [0.2, 0.25) is 5.90 Å². The van der Waals surface area contributed by atoms with Gasteiger partial charge in [0, 0.05) is 0 Å². The topological polar surface area (TPSA) is 57.1 Å². The van der Waals surface area contributed by atoms with E-state index < -0.39 is 5.97 Å². The summed E-state index contributed by atoms with van der Waals surface area (Å²) in [7, 11) is 0. The fourth-order valence-electron chi connectivity index (χ4n) is 3.16. The standard InChI is InChI=1S/C26H22ClNO4/c1-3-30-24-15-19(12-13-23(24)31-16-18-10-8-17(2)9-11-18)14-22-26(29)32-25(28-22)20-6-4-5-7-21(20)27/h4-15H,3,16H2,1-2H3/b22-14-. The van der Waals surface area contributed by atoms with Crippen molar-refractivity contribution >= 4 is 29.5 Å². The van der Waals surface area contributed by atoms with E-state index in [1.165, 1.54) is 5.56 Å². The number of hydrogen-bond acceptors (Lipinski definition) is 5. The molecule has 0 radical (unpaired) electrons. The Bertz CT molecular complexity index is 1200. The van der Waals surface area contributed by atoms with Gasteiger partial charge in [-0.2, -0.15) is 0 Å². The minimum Gasteiger partial charge on any atom is -0.490 e. The zero-order chi connectivity index (χ0) is 22.5. The third-order valence-corrected chi connectivity index (χ3v) is 5.14. The van der Waals surface area contributed by atoms with Gasteiger partial charge < -0.3 is 14.2 Å². The number of halogens is 1. The second-order valence-electron chi connectivity index (χ2n) is 7.23. The molecule has 0 aliphatic carbocycles. The van der Waals surface area contributed by atoms with Gasteiger partial charge in [-0.3, -0.25) is 0 Å². The number of hydrogen-bond donors (Lipinski definition) is 0. The Morgan fingerprint density at radius 1 is 1.00 bits per heavy atom. The van der Waals surface area contributed by atoms with Crippen molar-refractivity contribution in [3.8, 4) is 11.5 Å². The Balaban J connectivity index is 1.56. The number of carbonyl (C=O) groups is 1. The van der Waals surface area contributed by atoms with Crippen LogP contribution in [0.4, 0.5) is 0 Å². The lowest BCUT2D eigenvalue weighted by atomic mass is 10.1. The SMILES string of the molecule is CCOc1cc(/C=C2\N=C(c3ccccc3Cl)OC2=O)ccc1OCc1ccc(C)cc1. The van der Waals surface area contributed by atoms with Crippen molar-refractivity contribution in [2.24, 2.45) is 4.99 Å². The number of benzene rings is 3. The van der Waals surface area contributed by atoms with Gasteiger partial charge >= 0.3 is 5.97 Å². The largest absolute Gasteiger partial charge is 0.490 e. The van der Waals surface area contributed by atoms with Crippen LogP contribution in [0, 0.1) is 6.92 Å². The third kappa shape index (κ3) is 5.01. The van der Waals surface area contributed by atoms with Crippen LogP contribution in [0.15, 0.2) is 77.4 Å². The molecule has 1 heterocycles. The van der Waals surface area contributed by atoms with E-state index >= 15 is 0 Å². The van der Waals surface area contributed by atoms with Gasteiger partial charge in [-0.25, -0.2) is 9.79 Å². The number of rotatable bonds is 7. The third-order valence-electron chi connectivity index (χ3n) is 4.81. The molecule has 0 bridgehead atoms. The molecule has 0 spiro atoms. The van der Waals surface area contributed by atoms with Crippen LogP contribution in [0.5, 0.6) is 11.5 Å². The quantitative estimate of drug-likeness (QED) is 0.330. The monoisotopic (exact) mass is 447 g/mol. The van der Waals surface area contributed by atoms with Crippen LogP contribution in [0.1, 0.15) is 29.2 Å². The van der Waals surface area contributed by atoms with E-state index in [1.807, 2.05) is 50.2 Å². The highest BCUT2D eigenvalue weighted by Gasteiger charge is 2.25. The predicted molar refractivity (Wildman–Crippen MR) is 125 cm³/mol. The van der Waals surface area contributed by atoms with E-state index in [-0.39, 0.29) is 11.6 Å². The fraction of sp³-hybridized carbons (Fsp3) is 0.154. The lowest BCUT2D eigenvalue weighted by Gasteiger charge is -2.13. The molecular formula is C26H22ClNO4. The van der Waals surface area contributed by atoms with E-state index in [1.54, 1.807) is 24.3 Å². The van der Waals surface area contributed by atoms with Crippen LogP contribution in [0.25, 0.3) is 6.08 Å². The first-order valence-electron chi connectivity index (χ1n) is 10.3. The summed E-state index contributed by atoms with van der Waals surface area (Å²) in [6.45, 7) is 4.87. The molecule has 0 saturated heterocycles. The molecule has 5 nitrogen and oxygen atoms in total. The maximum Gasteiger partial charge on any atom is 0.363 e. The van der Waals surface area contributed by atoms with E-state index in [2.05, 4.69) is 17.1 Å². The molecule has 6 heteroatoms. The van der Waals surface area contributed by atoms with Crippen LogP contribution in [0.3, 0.4) is 0 Å². The van der Waals surface area contributed by atoms with Crippen molar-refractivity contribution in [3.63, 3.8) is 0 Å². The second kappa shape index (κ2) is 9.71. The number of cyclic esters (lactones) is 1. The molecule has 0 saturated carbocycles. The summed E-state index contributed by atoms with van der Waals surface area (Å²) in [4.78, 5) is 16.7. The minimum atomic E-state index is -0.530. The zero-order valence-electron chi connectivity index (χ0n) is 17.8. The molecule has 0 unspecified atom stereocenters. The number of nitrogens with zero attached hydrogens (tertiary/aromatic N) is 1. The van der Waals surface area contributed by atoms with Crippen molar-refractivity contribution in [1.29, 1.82) is 0 Å². The molecule has 0 amide bonds. The van der Waals surface area contributed by atoms with Crippen LogP contribution >= 0.6 is 11.6 Å². The first kappa shape index (κ1) is 21.7. The number of esters is 1.